The normalized spacial score (nSPS) is 33.7. The maximum Gasteiger partial charge on any atom is 0.338 e. The standard InChI is InChI=1S/C13H15BrO6/c14-6-8-11(9(15)10(16)13(18)19-8)20-12(17)7-4-2-1-3-5-7/h1-5,8-11,13,15-16,18H,6H2/t8-,9-,10-,11+,13-/m1/s1. The SMILES string of the molecule is O=C(O[C@@H]1[C@H](O)[C@@H](O)[C@H](O)O[C@@H]1CBr)c1ccccc1. The van der Waals surface area contributed by atoms with Gasteiger partial charge in [-0.05, 0) is 12.1 Å². The van der Waals surface area contributed by atoms with Crippen LogP contribution in [0.15, 0.2) is 30.3 Å². The van der Waals surface area contributed by atoms with Crippen LogP contribution in [0.25, 0.3) is 0 Å². The summed E-state index contributed by atoms with van der Waals surface area (Å²) in [6.45, 7) is 0. The number of hydrogen-bond acceptors (Lipinski definition) is 6. The van der Waals surface area contributed by atoms with E-state index in [1.165, 1.54) is 0 Å². The second-order valence-electron chi connectivity index (χ2n) is 4.44. The minimum absolute atomic E-state index is 0.237. The molecule has 0 bridgehead atoms. The summed E-state index contributed by atoms with van der Waals surface area (Å²) in [7, 11) is 0. The van der Waals surface area contributed by atoms with Gasteiger partial charge >= 0.3 is 5.97 Å². The van der Waals surface area contributed by atoms with E-state index in [9.17, 15) is 20.1 Å². The Labute approximate surface area is 124 Å². The van der Waals surface area contributed by atoms with Crippen molar-refractivity contribution >= 4 is 21.9 Å². The molecule has 20 heavy (non-hydrogen) atoms. The number of halogens is 1. The molecule has 0 aromatic heterocycles. The smallest absolute Gasteiger partial charge is 0.338 e. The summed E-state index contributed by atoms with van der Waals surface area (Å²) < 4.78 is 10.3. The zero-order chi connectivity index (χ0) is 14.7. The fraction of sp³-hybridized carbons (Fsp3) is 0.462. The first-order valence-electron chi connectivity index (χ1n) is 6.06. The highest BCUT2D eigenvalue weighted by Crippen LogP contribution is 2.24. The van der Waals surface area contributed by atoms with Crippen LogP contribution in [0, 0.1) is 0 Å². The topological polar surface area (TPSA) is 96.2 Å². The molecule has 5 atom stereocenters. The summed E-state index contributed by atoms with van der Waals surface area (Å²) >= 11 is 3.15. The zero-order valence-electron chi connectivity index (χ0n) is 10.4. The van der Waals surface area contributed by atoms with Crippen LogP contribution in [-0.4, -0.2) is 57.3 Å². The van der Waals surface area contributed by atoms with Crippen LogP contribution in [0.3, 0.4) is 0 Å². The maximum atomic E-state index is 12.0. The molecule has 1 aromatic carbocycles. The lowest BCUT2D eigenvalue weighted by atomic mass is 9.99. The monoisotopic (exact) mass is 346 g/mol. The summed E-state index contributed by atoms with van der Waals surface area (Å²) in [5, 5.41) is 29.2. The van der Waals surface area contributed by atoms with E-state index in [0.29, 0.717) is 5.56 Å². The number of alkyl halides is 1. The van der Waals surface area contributed by atoms with Gasteiger partial charge in [-0.15, -0.1) is 0 Å². The molecule has 0 unspecified atom stereocenters. The Morgan fingerprint density at radius 1 is 1.20 bits per heavy atom. The third-order valence-electron chi connectivity index (χ3n) is 3.06. The molecule has 1 aliphatic rings. The van der Waals surface area contributed by atoms with Gasteiger partial charge < -0.3 is 24.8 Å². The zero-order valence-corrected chi connectivity index (χ0v) is 12.0. The number of carbonyl (C=O) groups is 1. The average molecular weight is 347 g/mol. The first kappa shape index (κ1) is 15.4. The fourth-order valence-electron chi connectivity index (χ4n) is 1.96. The molecule has 0 saturated carbocycles. The maximum absolute atomic E-state index is 12.0. The molecule has 3 N–H and O–H groups in total. The molecule has 0 spiro atoms. The summed E-state index contributed by atoms with van der Waals surface area (Å²) in [5.41, 5.74) is 0.327. The van der Waals surface area contributed by atoms with E-state index in [1.54, 1.807) is 30.3 Å². The molecule has 110 valence electrons. The molecule has 0 amide bonds. The number of aliphatic hydroxyl groups is 3. The van der Waals surface area contributed by atoms with Gasteiger partial charge in [0.2, 0.25) is 0 Å². The summed E-state index contributed by atoms with van der Waals surface area (Å²) in [5.74, 6) is -0.632. The van der Waals surface area contributed by atoms with Crippen molar-refractivity contribution in [3.8, 4) is 0 Å². The lowest BCUT2D eigenvalue weighted by Gasteiger charge is -2.39. The van der Waals surface area contributed by atoms with E-state index >= 15 is 0 Å². The van der Waals surface area contributed by atoms with Crippen LogP contribution in [0.1, 0.15) is 10.4 Å². The van der Waals surface area contributed by atoms with Gasteiger partial charge in [0.15, 0.2) is 12.4 Å². The molecule has 2 rings (SSSR count). The third kappa shape index (κ3) is 3.18. The van der Waals surface area contributed by atoms with E-state index in [2.05, 4.69) is 15.9 Å². The van der Waals surface area contributed by atoms with Crippen molar-refractivity contribution in [3.05, 3.63) is 35.9 Å². The van der Waals surface area contributed by atoms with Gasteiger partial charge in [0.1, 0.15) is 18.3 Å². The van der Waals surface area contributed by atoms with E-state index in [0.717, 1.165) is 0 Å². The number of benzene rings is 1. The number of esters is 1. The number of carbonyl (C=O) groups excluding carboxylic acids is 1. The number of ether oxygens (including phenoxy) is 2. The number of hydrogen-bond donors (Lipinski definition) is 3. The van der Waals surface area contributed by atoms with Crippen LogP contribution in [-0.2, 0) is 9.47 Å². The van der Waals surface area contributed by atoms with Crippen molar-refractivity contribution in [1.29, 1.82) is 0 Å². The van der Waals surface area contributed by atoms with Crippen LogP contribution in [0.4, 0.5) is 0 Å². The molecule has 1 aliphatic heterocycles. The minimum Gasteiger partial charge on any atom is -0.453 e. The van der Waals surface area contributed by atoms with Crippen molar-refractivity contribution in [2.75, 3.05) is 5.33 Å². The largest absolute Gasteiger partial charge is 0.453 e. The molecular formula is C13H15BrO6. The Bertz CT molecular complexity index is 451. The van der Waals surface area contributed by atoms with Gasteiger partial charge in [-0.2, -0.15) is 0 Å². The highest BCUT2D eigenvalue weighted by molar-refractivity contribution is 9.09. The second kappa shape index (κ2) is 6.64. The molecule has 0 aliphatic carbocycles. The first-order chi connectivity index (χ1) is 9.54. The Morgan fingerprint density at radius 2 is 1.85 bits per heavy atom. The number of rotatable bonds is 3. The van der Waals surface area contributed by atoms with Crippen molar-refractivity contribution in [2.45, 2.75) is 30.7 Å². The van der Waals surface area contributed by atoms with E-state index < -0.39 is 36.7 Å². The van der Waals surface area contributed by atoms with Crippen molar-refractivity contribution in [1.82, 2.24) is 0 Å². The Morgan fingerprint density at radius 3 is 2.45 bits per heavy atom. The number of aliphatic hydroxyl groups excluding tert-OH is 3. The Hall–Kier alpha value is -0.990. The van der Waals surface area contributed by atoms with Gasteiger partial charge in [0, 0.05) is 5.33 Å². The molecule has 6 nitrogen and oxygen atoms in total. The van der Waals surface area contributed by atoms with E-state index in [1.807, 2.05) is 0 Å². The molecule has 7 heteroatoms. The van der Waals surface area contributed by atoms with Gasteiger partial charge in [0.25, 0.3) is 0 Å². The quantitative estimate of drug-likeness (QED) is 0.528. The van der Waals surface area contributed by atoms with Crippen LogP contribution in [0.5, 0.6) is 0 Å². The molecule has 1 saturated heterocycles. The lowest BCUT2D eigenvalue weighted by molar-refractivity contribution is -0.275. The fourth-order valence-corrected chi connectivity index (χ4v) is 2.48. The lowest BCUT2D eigenvalue weighted by Crippen LogP contribution is -2.59. The summed E-state index contributed by atoms with van der Waals surface area (Å²) in [6, 6.07) is 8.28. The molecule has 0 radical (unpaired) electrons. The van der Waals surface area contributed by atoms with Gasteiger partial charge in [-0.25, -0.2) is 4.79 Å². The van der Waals surface area contributed by atoms with Crippen LogP contribution in [0.2, 0.25) is 0 Å². The predicted octanol–water partition coefficient (Wildman–Crippen LogP) is 0.0459. The Balaban J connectivity index is 2.11. The average Bonchev–Trinajstić information content (AvgIpc) is 2.48. The van der Waals surface area contributed by atoms with E-state index in [4.69, 9.17) is 9.47 Å². The molecule has 1 fully saturated rings. The minimum atomic E-state index is -1.53. The second-order valence-corrected chi connectivity index (χ2v) is 5.08. The van der Waals surface area contributed by atoms with Crippen molar-refractivity contribution in [2.24, 2.45) is 0 Å². The summed E-state index contributed by atoms with van der Waals surface area (Å²) in [6.07, 6.45) is -6.29. The first-order valence-corrected chi connectivity index (χ1v) is 7.18. The van der Waals surface area contributed by atoms with E-state index in [-0.39, 0.29) is 5.33 Å². The summed E-state index contributed by atoms with van der Waals surface area (Å²) in [4.78, 5) is 12.0. The van der Waals surface area contributed by atoms with Crippen LogP contribution >= 0.6 is 15.9 Å². The van der Waals surface area contributed by atoms with Crippen LogP contribution < -0.4 is 0 Å². The van der Waals surface area contributed by atoms with Gasteiger partial charge in [0.05, 0.1) is 5.56 Å². The molecular weight excluding hydrogens is 332 g/mol. The third-order valence-corrected chi connectivity index (χ3v) is 3.70. The van der Waals surface area contributed by atoms with Gasteiger partial charge in [-0.3, -0.25) is 0 Å². The van der Waals surface area contributed by atoms with Gasteiger partial charge in [-0.1, -0.05) is 34.1 Å². The highest BCUT2D eigenvalue weighted by Gasteiger charge is 2.45. The van der Waals surface area contributed by atoms with Crippen molar-refractivity contribution in [3.63, 3.8) is 0 Å². The highest BCUT2D eigenvalue weighted by atomic mass is 79.9. The predicted molar refractivity (Wildman–Crippen MR) is 72.3 cm³/mol. The molecule has 1 heterocycles. The molecule has 1 aromatic rings. The Kier molecular flexibility index (Phi) is 5.11. The van der Waals surface area contributed by atoms with Crippen molar-refractivity contribution < 1.29 is 29.6 Å².